The first-order valence-corrected chi connectivity index (χ1v) is 3.84. The summed E-state index contributed by atoms with van der Waals surface area (Å²) in [5, 5.41) is 7.89. The monoisotopic (exact) mass is 121 g/mol. The van der Waals surface area contributed by atoms with E-state index in [1.807, 2.05) is 6.07 Å². The van der Waals surface area contributed by atoms with Crippen LogP contribution in [-0.2, 0) is 0 Å². The van der Waals surface area contributed by atoms with Crippen LogP contribution in [0.15, 0.2) is 0 Å². The van der Waals surface area contributed by atoms with Gasteiger partial charge in [-0.2, -0.15) is 5.26 Å². The molecule has 3 heteroatoms. The third-order valence-corrected chi connectivity index (χ3v) is 1.34. The topological polar surface area (TPSA) is 23.8 Å². The summed E-state index contributed by atoms with van der Waals surface area (Å²) in [5.74, 6) is 0. The smallest absolute Gasteiger partial charge is 0.0625 e. The lowest BCUT2D eigenvalue weighted by Crippen LogP contribution is -1.63. The van der Waals surface area contributed by atoms with Crippen molar-refractivity contribution in [1.82, 2.24) is 0 Å². The molecule has 0 N–H and O–H groups in total. The number of nitriles is 1. The largest absolute Gasteiger partial charge is 0.198 e. The maximum Gasteiger partial charge on any atom is 0.0625 e. The average Bonchev–Trinajstić information content (AvgIpc) is 1.61. The molecule has 0 aliphatic rings. The van der Waals surface area contributed by atoms with Crippen LogP contribution >= 0.6 is 19.2 Å². The van der Waals surface area contributed by atoms with Gasteiger partial charge in [0.25, 0.3) is 0 Å². The number of nitrogens with zero attached hydrogens (tertiary/aromatic N) is 1. The van der Waals surface area contributed by atoms with Gasteiger partial charge in [-0.15, -0.1) is 11.2 Å². The normalized spacial score (nSPS) is 9.33. The van der Waals surface area contributed by atoms with Crippen LogP contribution in [0.3, 0.4) is 0 Å². The fourth-order valence-electron chi connectivity index (χ4n) is 0.103. The first-order valence-electron chi connectivity index (χ1n) is 1.62. The zero-order valence-electron chi connectivity index (χ0n) is 3.24. The molecular formula is C3H5ClNP. The Bertz CT molecular complexity index is 58.3. The third-order valence-electron chi connectivity index (χ3n) is 0.331. The summed E-state index contributed by atoms with van der Waals surface area (Å²) in [7, 11) is 0.414. The van der Waals surface area contributed by atoms with E-state index in [4.69, 9.17) is 16.5 Å². The predicted octanol–water partition coefficient (Wildman–Crippen LogP) is 1.73. The minimum absolute atomic E-state index is 0.414. The van der Waals surface area contributed by atoms with E-state index in [2.05, 4.69) is 0 Å². The molecule has 34 valence electrons. The molecule has 0 saturated heterocycles. The van der Waals surface area contributed by atoms with Crippen LogP contribution in [-0.4, -0.2) is 6.16 Å². The molecule has 0 aliphatic heterocycles. The van der Waals surface area contributed by atoms with Gasteiger partial charge in [0.1, 0.15) is 0 Å². The van der Waals surface area contributed by atoms with Crippen molar-refractivity contribution in [1.29, 1.82) is 5.26 Å². The number of halogens is 1. The van der Waals surface area contributed by atoms with Gasteiger partial charge in [-0.3, -0.25) is 0 Å². The van der Waals surface area contributed by atoms with Gasteiger partial charge in [0.05, 0.1) is 6.07 Å². The third kappa shape index (κ3) is 4.21. The summed E-state index contributed by atoms with van der Waals surface area (Å²) >= 11 is 5.26. The van der Waals surface area contributed by atoms with Crippen LogP contribution < -0.4 is 0 Å². The van der Waals surface area contributed by atoms with Crippen molar-refractivity contribution in [3.05, 3.63) is 0 Å². The fourth-order valence-corrected chi connectivity index (χ4v) is 0.593. The summed E-state index contributed by atoms with van der Waals surface area (Å²) in [6.45, 7) is 0. The van der Waals surface area contributed by atoms with Crippen molar-refractivity contribution in [3.8, 4) is 6.07 Å². The molecule has 0 bridgehead atoms. The molecule has 0 aromatic heterocycles. The summed E-state index contributed by atoms with van der Waals surface area (Å²) in [6, 6.07) is 1.99. The SMILES string of the molecule is N#CCCPCl. The molecule has 0 aromatic carbocycles. The molecule has 1 nitrogen and oxygen atoms in total. The molecule has 0 saturated carbocycles. The standard InChI is InChI=1S/C3H5ClNP/c4-6-3-1-2-5/h6H,1,3H2. The molecule has 6 heavy (non-hydrogen) atoms. The Kier molecular flexibility index (Phi) is 5.39. The van der Waals surface area contributed by atoms with Crippen molar-refractivity contribution < 1.29 is 0 Å². The Labute approximate surface area is 43.9 Å². The van der Waals surface area contributed by atoms with Crippen molar-refractivity contribution in [2.75, 3.05) is 6.16 Å². The van der Waals surface area contributed by atoms with E-state index in [0.717, 1.165) is 6.16 Å². The molecule has 0 heterocycles. The molecule has 0 radical (unpaired) electrons. The molecule has 0 fully saturated rings. The quantitative estimate of drug-likeness (QED) is 0.403. The second kappa shape index (κ2) is 5.21. The molecule has 0 aliphatic carbocycles. The van der Waals surface area contributed by atoms with Crippen LogP contribution in [0, 0.1) is 11.3 Å². The van der Waals surface area contributed by atoms with E-state index in [1.165, 1.54) is 0 Å². The Balaban J connectivity index is 2.54. The van der Waals surface area contributed by atoms with Gasteiger partial charge in [-0.05, 0) is 14.1 Å². The highest BCUT2D eigenvalue weighted by atomic mass is 35.7. The molecule has 0 spiro atoms. The van der Waals surface area contributed by atoms with Crippen molar-refractivity contribution in [2.24, 2.45) is 0 Å². The van der Waals surface area contributed by atoms with Gasteiger partial charge in [0.2, 0.25) is 0 Å². The van der Waals surface area contributed by atoms with Gasteiger partial charge >= 0.3 is 0 Å². The maximum atomic E-state index is 7.89. The summed E-state index contributed by atoms with van der Waals surface area (Å²) in [4.78, 5) is 0. The zero-order chi connectivity index (χ0) is 4.83. The van der Waals surface area contributed by atoms with E-state index >= 15 is 0 Å². The summed E-state index contributed by atoms with van der Waals surface area (Å²) in [6.07, 6.45) is 1.44. The van der Waals surface area contributed by atoms with Gasteiger partial charge in [0.15, 0.2) is 0 Å². The molecule has 1 atom stereocenters. The van der Waals surface area contributed by atoms with Gasteiger partial charge in [0, 0.05) is 6.42 Å². The predicted molar refractivity (Wildman–Crippen MR) is 29.3 cm³/mol. The highest BCUT2D eigenvalue weighted by molar-refractivity contribution is 7.68. The van der Waals surface area contributed by atoms with E-state index in [9.17, 15) is 0 Å². The Morgan fingerprint density at radius 3 is 2.67 bits per heavy atom. The lowest BCUT2D eigenvalue weighted by Gasteiger charge is -1.75. The second-order valence-electron chi connectivity index (χ2n) is 0.792. The zero-order valence-corrected chi connectivity index (χ0v) is 5.00. The van der Waals surface area contributed by atoms with E-state index in [-0.39, 0.29) is 0 Å². The Morgan fingerprint density at radius 2 is 2.50 bits per heavy atom. The Hall–Kier alpha value is 0.210. The maximum absolute atomic E-state index is 7.89. The van der Waals surface area contributed by atoms with Crippen LogP contribution in [0.5, 0.6) is 0 Å². The van der Waals surface area contributed by atoms with Crippen molar-refractivity contribution in [2.45, 2.75) is 6.42 Å². The second-order valence-corrected chi connectivity index (χ2v) is 2.36. The summed E-state index contributed by atoms with van der Waals surface area (Å²) < 4.78 is 0. The number of hydrogen-bond acceptors (Lipinski definition) is 1. The molecule has 0 aromatic rings. The highest BCUT2D eigenvalue weighted by Crippen LogP contribution is 2.15. The van der Waals surface area contributed by atoms with E-state index in [1.54, 1.807) is 0 Å². The van der Waals surface area contributed by atoms with Gasteiger partial charge in [-0.1, -0.05) is 0 Å². The first kappa shape index (κ1) is 6.21. The molecule has 0 rings (SSSR count). The molecular weight excluding hydrogens is 116 g/mol. The summed E-state index contributed by atoms with van der Waals surface area (Å²) in [5.41, 5.74) is 0. The highest BCUT2D eigenvalue weighted by Gasteiger charge is 1.75. The van der Waals surface area contributed by atoms with Crippen molar-refractivity contribution >= 4 is 19.2 Å². The first-order chi connectivity index (χ1) is 2.91. The van der Waals surface area contributed by atoms with Crippen molar-refractivity contribution in [3.63, 3.8) is 0 Å². The van der Waals surface area contributed by atoms with Crippen LogP contribution in [0.25, 0.3) is 0 Å². The number of hydrogen-bond donors (Lipinski definition) is 0. The van der Waals surface area contributed by atoms with E-state index < -0.39 is 0 Å². The molecule has 1 unspecified atom stereocenters. The van der Waals surface area contributed by atoms with E-state index in [0.29, 0.717) is 14.4 Å². The average molecular weight is 122 g/mol. The van der Waals surface area contributed by atoms with Gasteiger partial charge in [-0.25, -0.2) is 0 Å². The van der Waals surface area contributed by atoms with Gasteiger partial charge < -0.3 is 0 Å². The lowest BCUT2D eigenvalue weighted by atomic mass is 10.6. The Morgan fingerprint density at radius 1 is 1.83 bits per heavy atom. The van der Waals surface area contributed by atoms with Crippen LogP contribution in [0.4, 0.5) is 0 Å². The number of rotatable bonds is 2. The lowest BCUT2D eigenvalue weighted by molar-refractivity contribution is 1.24. The minimum Gasteiger partial charge on any atom is -0.198 e. The van der Waals surface area contributed by atoms with Crippen LogP contribution in [0.1, 0.15) is 6.42 Å². The minimum atomic E-state index is 0.414. The fraction of sp³-hybridized carbons (Fsp3) is 0.667. The molecule has 0 amide bonds. The van der Waals surface area contributed by atoms with Crippen LogP contribution in [0.2, 0.25) is 0 Å².